The fraction of sp³-hybridized carbons (Fsp3) is 0.0476. The molecule has 0 bridgehead atoms. The fourth-order valence-electron chi connectivity index (χ4n) is 3.09. The zero-order valence-corrected chi connectivity index (χ0v) is 15.7. The number of hydrogen-bond donors (Lipinski definition) is 1. The van der Waals surface area contributed by atoms with E-state index in [-0.39, 0.29) is 16.0 Å². The first-order chi connectivity index (χ1) is 14.8. The molecule has 0 saturated carbocycles. The third kappa shape index (κ3) is 3.76. The van der Waals surface area contributed by atoms with Crippen LogP contribution in [0.2, 0.25) is 0 Å². The van der Waals surface area contributed by atoms with E-state index >= 15 is 0 Å². The van der Waals surface area contributed by atoms with Crippen LogP contribution in [0.15, 0.2) is 67.1 Å². The molecule has 0 radical (unpaired) electrons. The number of pyridine rings is 2. The van der Waals surface area contributed by atoms with Crippen LogP contribution in [0.1, 0.15) is 15.9 Å². The first-order valence-electron chi connectivity index (χ1n) is 8.88. The lowest BCUT2D eigenvalue weighted by molar-refractivity contribution is -0.122. The number of hydrogen-bond acceptors (Lipinski definition) is 5. The molecule has 0 unspecified atom stereocenters. The summed E-state index contributed by atoms with van der Waals surface area (Å²) < 4.78 is 42.7. The molecule has 154 valence electrons. The number of anilines is 2. The second kappa shape index (κ2) is 7.46. The van der Waals surface area contributed by atoms with Crippen LogP contribution in [-0.2, 0) is 0 Å². The summed E-state index contributed by atoms with van der Waals surface area (Å²) in [6, 6.07) is 12.3. The van der Waals surface area contributed by atoms with Crippen LogP contribution in [-0.4, -0.2) is 26.8 Å². The average molecular weight is 422 g/mol. The van der Waals surface area contributed by atoms with Gasteiger partial charge >= 0.3 is 6.30 Å². The molecule has 4 aromatic rings. The molecule has 1 amide bonds. The number of benzene rings is 1. The van der Waals surface area contributed by atoms with Gasteiger partial charge in [-0.05, 0) is 48.5 Å². The lowest BCUT2D eigenvalue weighted by atomic mass is 10.1. The van der Waals surface area contributed by atoms with E-state index in [9.17, 15) is 18.0 Å². The van der Waals surface area contributed by atoms with Crippen molar-refractivity contribution in [1.29, 1.82) is 5.26 Å². The Hall–Kier alpha value is -4.39. The number of rotatable bonds is 3. The molecule has 0 aliphatic rings. The Labute approximate surface area is 173 Å². The van der Waals surface area contributed by atoms with Gasteiger partial charge in [0.25, 0.3) is 5.91 Å². The van der Waals surface area contributed by atoms with Gasteiger partial charge in [-0.25, -0.2) is 14.4 Å². The maximum absolute atomic E-state index is 13.8. The van der Waals surface area contributed by atoms with Gasteiger partial charge in [0.1, 0.15) is 5.82 Å². The van der Waals surface area contributed by atoms with Crippen molar-refractivity contribution in [1.82, 2.24) is 14.6 Å². The highest BCUT2D eigenvalue weighted by molar-refractivity contribution is 6.07. The number of fused-ring (bicyclic) bond motifs is 1. The van der Waals surface area contributed by atoms with Gasteiger partial charge < -0.3 is 5.73 Å². The second-order valence-corrected chi connectivity index (χ2v) is 6.54. The van der Waals surface area contributed by atoms with E-state index in [1.54, 1.807) is 12.1 Å². The number of nitrogen functional groups attached to an aromatic ring is 1. The molecule has 0 aliphatic carbocycles. The standard InChI is InChI=1S/C21H13F3N6O/c22-21(23,24)30(16-4-1-13(10-25)2-5-16)20(31)14-7-8-29-18(9-14)17(12-28-29)15-3-6-19(26)27-11-15/h1-9,11-12H,(H2,26,27). The van der Waals surface area contributed by atoms with E-state index < -0.39 is 17.9 Å². The highest BCUT2D eigenvalue weighted by Crippen LogP contribution is 2.32. The monoisotopic (exact) mass is 422 g/mol. The minimum atomic E-state index is -4.97. The van der Waals surface area contributed by atoms with Gasteiger partial charge in [0.2, 0.25) is 0 Å². The van der Waals surface area contributed by atoms with Gasteiger partial charge in [-0.1, -0.05) is 0 Å². The van der Waals surface area contributed by atoms with Crippen LogP contribution in [0.4, 0.5) is 24.7 Å². The summed E-state index contributed by atoms with van der Waals surface area (Å²) in [5.41, 5.74) is 6.86. The Morgan fingerprint density at radius 2 is 1.84 bits per heavy atom. The first-order valence-corrected chi connectivity index (χ1v) is 8.88. The SMILES string of the molecule is N#Cc1ccc(N(C(=O)c2ccn3ncc(-c4ccc(N)nc4)c3c2)C(F)(F)F)cc1. The number of nitrogens with zero attached hydrogens (tertiary/aromatic N) is 5. The number of amides is 1. The van der Waals surface area contributed by atoms with E-state index in [1.165, 1.54) is 47.4 Å². The Kier molecular flexibility index (Phi) is 4.79. The van der Waals surface area contributed by atoms with E-state index in [0.29, 0.717) is 22.5 Å². The van der Waals surface area contributed by atoms with Crippen molar-refractivity contribution in [2.75, 3.05) is 10.6 Å². The quantitative estimate of drug-likeness (QED) is 0.503. The highest BCUT2D eigenvalue weighted by Gasteiger charge is 2.42. The smallest absolute Gasteiger partial charge is 0.384 e. The van der Waals surface area contributed by atoms with Gasteiger partial charge in [-0.3, -0.25) is 4.79 Å². The van der Waals surface area contributed by atoms with E-state index in [2.05, 4.69) is 10.1 Å². The van der Waals surface area contributed by atoms with Gasteiger partial charge in [-0.2, -0.15) is 10.4 Å². The van der Waals surface area contributed by atoms with E-state index in [0.717, 1.165) is 12.1 Å². The van der Waals surface area contributed by atoms with Crippen molar-refractivity contribution in [3.63, 3.8) is 0 Å². The topological polar surface area (TPSA) is 100 Å². The average Bonchev–Trinajstić information content (AvgIpc) is 3.17. The minimum Gasteiger partial charge on any atom is -0.384 e. The normalized spacial score (nSPS) is 11.3. The molecule has 3 aromatic heterocycles. The van der Waals surface area contributed by atoms with Crippen molar-refractivity contribution < 1.29 is 18.0 Å². The maximum Gasteiger partial charge on any atom is 0.491 e. The van der Waals surface area contributed by atoms with Crippen molar-refractivity contribution in [2.24, 2.45) is 0 Å². The van der Waals surface area contributed by atoms with Crippen LogP contribution in [0.3, 0.4) is 0 Å². The second-order valence-electron chi connectivity index (χ2n) is 6.54. The molecule has 0 aliphatic heterocycles. The van der Waals surface area contributed by atoms with Crippen molar-refractivity contribution >= 4 is 22.9 Å². The molecular formula is C21H13F3N6O. The molecule has 4 rings (SSSR count). The predicted molar refractivity (Wildman–Crippen MR) is 107 cm³/mol. The summed E-state index contributed by atoms with van der Waals surface area (Å²) in [6.45, 7) is 0. The number of alkyl halides is 3. The third-order valence-corrected chi connectivity index (χ3v) is 4.58. The van der Waals surface area contributed by atoms with Crippen molar-refractivity contribution in [2.45, 2.75) is 6.30 Å². The van der Waals surface area contributed by atoms with Gasteiger partial charge in [-0.15, -0.1) is 13.2 Å². The van der Waals surface area contributed by atoms with E-state index in [1.807, 2.05) is 6.07 Å². The van der Waals surface area contributed by atoms with Crippen LogP contribution in [0.25, 0.3) is 16.6 Å². The predicted octanol–water partition coefficient (Wildman–Crippen LogP) is 4.02. The molecule has 2 N–H and O–H groups in total. The number of carbonyl (C=O) groups excluding carboxylic acids is 1. The first kappa shape index (κ1) is 19.9. The molecule has 7 nitrogen and oxygen atoms in total. The molecule has 0 spiro atoms. The highest BCUT2D eigenvalue weighted by atomic mass is 19.4. The molecule has 0 saturated heterocycles. The maximum atomic E-state index is 13.8. The Morgan fingerprint density at radius 1 is 1.10 bits per heavy atom. The fourth-order valence-corrected chi connectivity index (χ4v) is 3.09. The summed E-state index contributed by atoms with van der Waals surface area (Å²) in [4.78, 5) is 16.6. The summed E-state index contributed by atoms with van der Waals surface area (Å²) in [5, 5.41) is 13.0. The number of carbonyl (C=O) groups is 1. The van der Waals surface area contributed by atoms with Crippen molar-refractivity contribution in [3.05, 3.63) is 78.2 Å². The van der Waals surface area contributed by atoms with Gasteiger partial charge in [0.15, 0.2) is 0 Å². The molecule has 1 aromatic carbocycles. The lowest BCUT2D eigenvalue weighted by Crippen LogP contribution is -2.43. The molecule has 3 heterocycles. The zero-order chi connectivity index (χ0) is 22.2. The number of nitrogens with two attached hydrogens (primary N) is 1. The molecular weight excluding hydrogens is 409 g/mol. The largest absolute Gasteiger partial charge is 0.491 e. The summed E-state index contributed by atoms with van der Waals surface area (Å²) in [7, 11) is 0. The minimum absolute atomic E-state index is 0.181. The van der Waals surface area contributed by atoms with Crippen LogP contribution in [0, 0.1) is 11.3 Å². The summed E-state index contributed by atoms with van der Waals surface area (Å²) >= 11 is 0. The summed E-state index contributed by atoms with van der Waals surface area (Å²) in [6.07, 6.45) is -0.524. The van der Waals surface area contributed by atoms with Crippen LogP contribution >= 0.6 is 0 Å². The number of halogens is 3. The van der Waals surface area contributed by atoms with Crippen molar-refractivity contribution in [3.8, 4) is 17.2 Å². The molecule has 31 heavy (non-hydrogen) atoms. The molecule has 10 heteroatoms. The molecule has 0 atom stereocenters. The Morgan fingerprint density at radius 3 is 2.45 bits per heavy atom. The lowest BCUT2D eigenvalue weighted by Gasteiger charge is -2.25. The third-order valence-electron chi connectivity index (χ3n) is 4.58. The molecule has 0 fully saturated rings. The van der Waals surface area contributed by atoms with E-state index in [4.69, 9.17) is 11.0 Å². The van der Waals surface area contributed by atoms with Crippen LogP contribution in [0.5, 0.6) is 0 Å². The van der Waals surface area contributed by atoms with Crippen LogP contribution < -0.4 is 10.6 Å². The Bertz CT molecular complexity index is 1300. The number of nitriles is 1. The zero-order valence-electron chi connectivity index (χ0n) is 15.7. The van der Waals surface area contributed by atoms with Gasteiger partial charge in [0.05, 0.1) is 29.0 Å². The van der Waals surface area contributed by atoms with Gasteiger partial charge in [0, 0.05) is 29.1 Å². The summed E-state index contributed by atoms with van der Waals surface area (Å²) in [5.74, 6) is -0.943. The Balaban J connectivity index is 1.78. The number of aromatic nitrogens is 3.